The minimum Gasteiger partial charge on any atom is -0.269 e. The fourth-order valence-electron chi connectivity index (χ4n) is 7.60. The highest BCUT2D eigenvalue weighted by atomic mass is 19.4. The van der Waals surface area contributed by atoms with Gasteiger partial charge in [-0.05, 0) is 96.8 Å². The molecule has 0 aromatic heterocycles. The summed E-state index contributed by atoms with van der Waals surface area (Å²) in [6, 6.07) is 5.00. The number of amides is 4. The van der Waals surface area contributed by atoms with E-state index in [1.54, 1.807) is 20.8 Å². The van der Waals surface area contributed by atoms with E-state index in [4.69, 9.17) is 0 Å². The monoisotopic (exact) mass is 856 g/mol. The summed E-state index contributed by atoms with van der Waals surface area (Å²) in [7, 11) is 0. The lowest BCUT2D eigenvalue weighted by Gasteiger charge is -2.39. The highest BCUT2D eigenvalue weighted by molar-refractivity contribution is 6.34. The molecule has 0 N–H and O–H groups in total. The number of rotatable bonds is 4. The van der Waals surface area contributed by atoms with E-state index in [0.717, 1.165) is 12.1 Å². The van der Waals surface area contributed by atoms with Gasteiger partial charge < -0.3 is 0 Å². The number of anilines is 1. The molecule has 318 valence electrons. The van der Waals surface area contributed by atoms with Crippen LogP contribution in [0, 0.1) is 0 Å². The molecule has 3 aliphatic rings. The van der Waals surface area contributed by atoms with Gasteiger partial charge in [-0.25, -0.2) is 4.90 Å². The molecular weight excluding hydrogens is 824 g/mol. The van der Waals surface area contributed by atoms with Crippen LogP contribution in [0.15, 0.2) is 89.5 Å². The van der Waals surface area contributed by atoms with Gasteiger partial charge in [0.2, 0.25) is 5.41 Å². The molecule has 0 saturated heterocycles. The SMILES string of the molecule is CC(C)(C)c1ccc(-c2ccc(N3C(=O)c4ccc(C(C5=CC6=C(CC=C5)C(=O)N(C(C)(C)C)C6=O)(C(F)(F)F)C(F)(F)F)cc4C3=O)cc2C(F)(F)F)c(C(F)(F)F)c1. The Kier molecular flexibility index (Phi) is 10.0. The fourth-order valence-corrected chi connectivity index (χ4v) is 7.60. The van der Waals surface area contributed by atoms with Crippen LogP contribution in [0.3, 0.4) is 0 Å². The van der Waals surface area contributed by atoms with Crippen molar-refractivity contribution in [1.29, 1.82) is 0 Å². The van der Waals surface area contributed by atoms with E-state index in [-0.39, 0.29) is 34.2 Å². The van der Waals surface area contributed by atoms with Crippen LogP contribution in [-0.2, 0) is 32.8 Å². The summed E-state index contributed by atoms with van der Waals surface area (Å²) in [4.78, 5) is 54.6. The summed E-state index contributed by atoms with van der Waals surface area (Å²) >= 11 is 0. The average molecular weight is 857 g/mol. The van der Waals surface area contributed by atoms with Crippen molar-refractivity contribution in [2.45, 2.75) is 89.0 Å². The standard InChI is InChI=1S/C42H32F12N2O4/c1-36(2,3)20-10-13-24(30(18-20)39(43,44)45)25-15-12-23(19-31(25)40(46,47)48)55-32(57)27-14-11-22(17-28(27)33(55)58)38(41(49,50)51,42(52,53)54)21-8-7-9-26-29(16-21)35(60)56(34(26)59)37(4,5)6/h7-8,10-19H,9H2,1-6H3. The number of carbonyl (C=O) groups is 4. The summed E-state index contributed by atoms with van der Waals surface area (Å²) in [6.07, 6.45) is -22.1. The van der Waals surface area contributed by atoms with Crippen LogP contribution in [0.25, 0.3) is 11.1 Å². The minimum absolute atomic E-state index is 0.0511. The van der Waals surface area contributed by atoms with Gasteiger partial charge in [-0.15, -0.1) is 0 Å². The minimum atomic E-state index is -6.29. The van der Waals surface area contributed by atoms with Crippen molar-refractivity contribution in [3.63, 3.8) is 0 Å². The van der Waals surface area contributed by atoms with E-state index >= 15 is 26.3 Å². The predicted molar refractivity (Wildman–Crippen MR) is 192 cm³/mol. The second kappa shape index (κ2) is 13.7. The molecule has 0 atom stereocenters. The number of halogens is 12. The van der Waals surface area contributed by atoms with Crippen LogP contribution in [-0.4, -0.2) is 46.4 Å². The topological polar surface area (TPSA) is 74.8 Å². The summed E-state index contributed by atoms with van der Waals surface area (Å²) in [5.41, 5.74) is -19.2. The maximum absolute atomic E-state index is 15.3. The Bertz CT molecular complexity index is 2460. The number of fused-ring (bicyclic) bond motifs is 1. The van der Waals surface area contributed by atoms with Crippen LogP contribution in [0.4, 0.5) is 58.4 Å². The molecule has 4 amide bonds. The van der Waals surface area contributed by atoms with E-state index in [9.17, 15) is 45.5 Å². The third-order valence-corrected chi connectivity index (χ3v) is 10.5. The Hall–Kier alpha value is -5.68. The first-order valence-electron chi connectivity index (χ1n) is 17.9. The van der Waals surface area contributed by atoms with Gasteiger partial charge in [-0.2, -0.15) is 52.7 Å². The number of imide groups is 2. The van der Waals surface area contributed by atoms with Crippen LogP contribution >= 0.6 is 0 Å². The third kappa shape index (κ3) is 6.90. The molecule has 1 aliphatic carbocycles. The van der Waals surface area contributed by atoms with Gasteiger partial charge in [0, 0.05) is 16.7 Å². The van der Waals surface area contributed by atoms with Crippen LogP contribution in [0.2, 0.25) is 0 Å². The molecule has 0 unspecified atom stereocenters. The van der Waals surface area contributed by atoms with Crippen molar-refractivity contribution >= 4 is 29.3 Å². The van der Waals surface area contributed by atoms with E-state index < -0.39 is 127 Å². The second-order valence-electron chi connectivity index (χ2n) is 16.4. The normalized spacial score (nSPS) is 17.1. The largest absolute Gasteiger partial charge is 0.417 e. The molecule has 0 saturated carbocycles. The zero-order chi connectivity index (χ0) is 45.1. The van der Waals surface area contributed by atoms with Gasteiger partial charge in [0.1, 0.15) is 0 Å². The number of nitrogens with zero attached hydrogens (tertiary/aromatic N) is 2. The number of alkyl halides is 12. The fraction of sp³-hybridized carbons (Fsp3) is 0.333. The molecule has 0 spiro atoms. The molecular formula is C42H32F12N2O4. The van der Waals surface area contributed by atoms with Crippen molar-refractivity contribution < 1.29 is 71.9 Å². The number of benzene rings is 3. The van der Waals surface area contributed by atoms with E-state index in [1.807, 2.05) is 0 Å². The van der Waals surface area contributed by atoms with Gasteiger partial charge in [0.05, 0.1) is 27.9 Å². The lowest BCUT2D eigenvalue weighted by molar-refractivity contribution is -0.289. The molecule has 0 fully saturated rings. The first-order valence-corrected chi connectivity index (χ1v) is 17.9. The number of hydrogen-bond donors (Lipinski definition) is 0. The number of allylic oxidation sites excluding steroid dienone is 3. The first kappa shape index (κ1) is 43.9. The van der Waals surface area contributed by atoms with Crippen molar-refractivity contribution in [2.24, 2.45) is 0 Å². The summed E-state index contributed by atoms with van der Waals surface area (Å²) in [5.74, 6) is -5.20. The molecule has 18 heteroatoms. The van der Waals surface area contributed by atoms with E-state index in [2.05, 4.69) is 0 Å². The van der Waals surface area contributed by atoms with E-state index in [1.165, 1.54) is 26.8 Å². The molecule has 2 aliphatic heterocycles. The molecule has 2 heterocycles. The van der Waals surface area contributed by atoms with Gasteiger partial charge in [-0.1, -0.05) is 57.2 Å². The average Bonchev–Trinajstić information content (AvgIpc) is 3.34. The molecule has 3 aromatic carbocycles. The van der Waals surface area contributed by atoms with Crippen molar-refractivity contribution in [2.75, 3.05) is 4.90 Å². The molecule has 60 heavy (non-hydrogen) atoms. The lowest BCUT2D eigenvalue weighted by Crippen LogP contribution is -2.55. The lowest BCUT2D eigenvalue weighted by atomic mass is 9.71. The number of carbonyl (C=O) groups excluding carboxylic acids is 4. The Morgan fingerprint density at radius 2 is 1.03 bits per heavy atom. The quantitative estimate of drug-likeness (QED) is 0.193. The highest BCUT2D eigenvalue weighted by Crippen LogP contribution is 2.58. The Labute approximate surface area is 333 Å². The van der Waals surface area contributed by atoms with Crippen molar-refractivity contribution in [3.05, 3.63) is 123 Å². The maximum atomic E-state index is 15.3. The van der Waals surface area contributed by atoms with Crippen LogP contribution in [0.1, 0.15) is 90.9 Å². The zero-order valence-electron chi connectivity index (χ0n) is 32.2. The first-order chi connectivity index (χ1) is 27.2. The smallest absolute Gasteiger partial charge is 0.269 e. The summed E-state index contributed by atoms with van der Waals surface area (Å²) in [6.45, 7) is 9.00. The Morgan fingerprint density at radius 1 is 0.533 bits per heavy atom. The van der Waals surface area contributed by atoms with Crippen LogP contribution < -0.4 is 4.90 Å². The summed E-state index contributed by atoms with van der Waals surface area (Å²) < 4.78 is 179. The number of hydrogen-bond acceptors (Lipinski definition) is 4. The Morgan fingerprint density at radius 3 is 1.55 bits per heavy atom. The third-order valence-electron chi connectivity index (χ3n) is 10.5. The van der Waals surface area contributed by atoms with Gasteiger partial charge >= 0.3 is 24.7 Å². The molecule has 0 radical (unpaired) electrons. The second-order valence-corrected chi connectivity index (χ2v) is 16.4. The molecule has 6 nitrogen and oxygen atoms in total. The van der Waals surface area contributed by atoms with Crippen molar-refractivity contribution in [1.82, 2.24) is 4.90 Å². The van der Waals surface area contributed by atoms with Gasteiger partial charge in [0.25, 0.3) is 23.6 Å². The van der Waals surface area contributed by atoms with Crippen molar-refractivity contribution in [3.8, 4) is 11.1 Å². The van der Waals surface area contributed by atoms with E-state index in [0.29, 0.717) is 41.3 Å². The zero-order valence-corrected chi connectivity index (χ0v) is 32.2. The maximum Gasteiger partial charge on any atom is 0.417 e. The molecule has 6 rings (SSSR count). The molecule has 3 aromatic rings. The van der Waals surface area contributed by atoms with Gasteiger partial charge in [-0.3, -0.25) is 24.1 Å². The predicted octanol–water partition coefficient (Wildman–Crippen LogP) is 11.2. The molecule has 0 bridgehead atoms. The highest BCUT2D eigenvalue weighted by Gasteiger charge is 2.73. The van der Waals surface area contributed by atoms with Crippen LogP contribution in [0.5, 0.6) is 0 Å². The Balaban J connectivity index is 1.50. The van der Waals surface area contributed by atoms with Gasteiger partial charge in [0.15, 0.2) is 0 Å². The summed E-state index contributed by atoms with van der Waals surface area (Å²) in [5, 5.41) is 0.